The fourth-order valence-corrected chi connectivity index (χ4v) is 4.75. The molecule has 0 aromatic rings. The van der Waals surface area contributed by atoms with Crippen LogP contribution in [-0.4, -0.2) is 170 Å². The SMILES string of the molecule is CC(=O)NC1C(O)OC(CO)C(OC2OC(CO)C(O)C(OCC(=O)O)C2O)C1OC1OC(C)C(O)C(O)C1O. The van der Waals surface area contributed by atoms with E-state index in [0.717, 1.165) is 6.92 Å². The number of aliphatic hydroxyl groups is 8. The van der Waals surface area contributed by atoms with Crippen molar-refractivity contribution < 1.29 is 84.0 Å². The van der Waals surface area contributed by atoms with Gasteiger partial charge in [0, 0.05) is 6.92 Å². The lowest BCUT2D eigenvalue weighted by atomic mass is 9.94. The Morgan fingerprint density at radius 2 is 1.35 bits per heavy atom. The molecule has 15 atom stereocenters. The molecule has 0 aliphatic carbocycles. The van der Waals surface area contributed by atoms with Crippen molar-refractivity contribution in [1.29, 1.82) is 0 Å². The lowest BCUT2D eigenvalue weighted by Crippen LogP contribution is -2.69. The highest BCUT2D eigenvalue weighted by atomic mass is 16.8. The van der Waals surface area contributed by atoms with E-state index < -0.39 is 124 Å². The number of hydrogen-bond donors (Lipinski definition) is 10. The Hall–Kier alpha value is -1.62. The van der Waals surface area contributed by atoms with Gasteiger partial charge in [0.05, 0.1) is 19.3 Å². The molecule has 3 rings (SSSR count). The highest BCUT2D eigenvalue weighted by Crippen LogP contribution is 2.33. The molecule has 0 radical (unpaired) electrons. The fraction of sp³-hybridized carbons (Fsp3) is 0.909. The van der Waals surface area contributed by atoms with Gasteiger partial charge in [-0.3, -0.25) is 4.79 Å². The predicted octanol–water partition coefficient (Wildman–Crippen LogP) is -6.29. The van der Waals surface area contributed by atoms with E-state index >= 15 is 0 Å². The summed E-state index contributed by atoms with van der Waals surface area (Å²) in [6.45, 7) is -0.0694. The molecule has 3 heterocycles. The molecule has 0 bridgehead atoms. The Morgan fingerprint density at radius 3 is 1.93 bits per heavy atom. The van der Waals surface area contributed by atoms with Gasteiger partial charge in [-0.2, -0.15) is 0 Å². The molecule has 40 heavy (non-hydrogen) atoms. The Kier molecular flexibility index (Phi) is 11.5. The van der Waals surface area contributed by atoms with Crippen LogP contribution in [0.4, 0.5) is 0 Å². The zero-order valence-corrected chi connectivity index (χ0v) is 21.6. The topological polar surface area (TPSA) is 284 Å². The third-order valence-corrected chi connectivity index (χ3v) is 6.83. The minimum atomic E-state index is -1.88. The molecule has 18 heteroatoms. The van der Waals surface area contributed by atoms with Gasteiger partial charge in [-0.1, -0.05) is 0 Å². The van der Waals surface area contributed by atoms with Gasteiger partial charge in [-0.25, -0.2) is 4.79 Å². The second-order valence-electron chi connectivity index (χ2n) is 9.73. The predicted molar refractivity (Wildman–Crippen MR) is 123 cm³/mol. The number of carboxylic acids is 1. The van der Waals surface area contributed by atoms with Crippen LogP contribution in [0.1, 0.15) is 13.8 Å². The number of carbonyl (C=O) groups excluding carboxylic acids is 1. The summed E-state index contributed by atoms with van der Waals surface area (Å²) in [5.41, 5.74) is 0. The van der Waals surface area contributed by atoms with Gasteiger partial charge in [0.15, 0.2) is 18.9 Å². The monoisotopic (exact) mass is 587 g/mol. The standard InChI is InChI=1S/C22H37NO17/c1-6-12(29)14(31)15(32)21(36-6)40-18-11(23-7(2)26)20(34)37-9(4-25)17(18)39-22-16(33)19(35-5-10(27)28)13(30)8(3-24)38-22/h6,8-9,11-22,24-25,29-34H,3-5H2,1-2H3,(H,23,26)(H,27,28). The van der Waals surface area contributed by atoms with Crippen LogP contribution in [0.25, 0.3) is 0 Å². The molecule has 0 aromatic carbocycles. The summed E-state index contributed by atoms with van der Waals surface area (Å²) in [5, 5.41) is 93.5. The Morgan fingerprint density at radius 1 is 0.750 bits per heavy atom. The molecule has 3 fully saturated rings. The number of ether oxygens (including phenoxy) is 6. The van der Waals surface area contributed by atoms with Crippen LogP contribution in [0, 0.1) is 0 Å². The van der Waals surface area contributed by atoms with Crippen molar-refractivity contribution in [3.63, 3.8) is 0 Å². The van der Waals surface area contributed by atoms with E-state index in [9.17, 15) is 50.4 Å². The summed E-state index contributed by atoms with van der Waals surface area (Å²) >= 11 is 0. The molecule has 3 aliphatic rings. The lowest BCUT2D eigenvalue weighted by molar-refractivity contribution is -0.371. The van der Waals surface area contributed by atoms with E-state index in [1.165, 1.54) is 6.92 Å². The minimum absolute atomic E-state index is 0.670. The van der Waals surface area contributed by atoms with E-state index in [0.29, 0.717) is 0 Å². The van der Waals surface area contributed by atoms with Crippen LogP contribution in [0.15, 0.2) is 0 Å². The van der Waals surface area contributed by atoms with Gasteiger partial charge < -0.3 is 79.7 Å². The van der Waals surface area contributed by atoms with E-state index in [2.05, 4.69) is 5.32 Å². The number of nitrogens with one attached hydrogen (secondary N) is 1. The van der Waals surface area contributed by atoms with Crippen molar-refractivity contribution in [2.75, 3.05) is 19.8 Å². The normalized spacial score (nSPS) is 46.1. The number of rotatable bonds is 10. The summed E-state index contributed by atoms with van der Waals surface area (Å²) in [6.07, 6.45) is -22.5. The highest BCUT2D eigenvalue weighted by Gasteiger charge is 2.54. The first-order chi connectivity index (χ1) is 18.8. The maximum Gasteiger partial charge on any atom is 0.329 e. The van der Waals surface area contributed by atoms with E-state index in [1.54, 1.807) is 0 Å². The minimum Gasteiger partial charge on any atom is -0.480 e. The van der Waals surface area contributed by atoms with Crippen LogP contribution in [0.3, 0.4) is 0 Å². The number of aliphatic carboxylic acids is 1. The third-order valence-electron chi connectivity index (χ3n) is 6.83. The van der Waals surface area contributed by atoms with Crippen molar-refractivity contribution in [1.82, 2.24) is 5.32 Å². The van der Waals surface area contributed by atoms with Crippen molar-refractivity contribution in [3.05, 3.63) is 0 Å². The summed E-state index contributed by atoms with van der Waals surface area (Å²) in [4.78, 5) is 22.9. The number of aliphatic hydroxyl groups excluding tert-OH is 8. The smallest absolute Gasteiger partial charge is 0.329 e. The van der Waals surface area contributed by atoms with E-state index in [1.807, 2.05) is 0 Å². The van der Waals surface area contributed by atoms with Crippen LogP contribution in [-0.2, 0) is 38.0 Å². The molecular weight excluding hydrogens is 550 g/mol. The average molecular weight is 588 g/mol. The van der Waals surface area contributed by atoms with E-state index in [-0.39, 0.29) is 0 Å². The third kappa shape index (κ3) is 7.23. The van der Waals surface area contributed by atoms with Gasteiger partial charge >= 0.3 is 5.97 Å². The Balaban J connectivity index is 1.93. The molecule has 1 amide bonds. The Bertz CT molecular complexity index is 850. The maximum absolute atomic E-state index is 11.9. The van der Waals surface area contributed by atoms with Gasteiger partial charge in [-0.05, 0) is 6.92 Å². The molecule has 232 valence electrons. The largest absolute Gasteiger partial charge is 0.480 e. The molecule has 3 saturated heterocycles. The summed E-state index contributed by atoms with van der Waals surface area (Å²) in [5.74, 6) is -2.09. The van der Waals surface area contributed by atoms with Gasteiger partial charge in [0.2, 0.25) is 5.91 Å². The Labute approximate surface area is 227 Å². The van der Waals surface area contributed by atoms with Gasteiger partial charge in [0.25, 0.3) is 0 Å². The van der Waals surface area contributed by atoms with E-state index in [4.69, 9.17) is 33.5 Å². The first kappa shape index (κ1) is 32.9. The molecule has 3 aliphatic heterocycles. The number of hydrogen-bond acceptors (Lipinski definition) is 16. The molecule has 15 unspecified atom stereocenters. The first-order valence-corrected chi connectivity index (χ1v) is 12.5. The highest BCUT2D eigenvalue weighted by molar-refractivity contribution is 5.73. The fourth-order valence-electron chi connectivity index (χ4n) is 4.75. The molecule has 10 N–H and O–H groups in total. The van der Waals surface area contributed by atoms with Crippen LogP contribution >= 0.6 is 0 Å². The first-order valence-electron chi connectivity index (χ1n) is 12.5. The van der Waals surface area contributed by atoms with Crippen LogP contribution in [0.5, 0.6) is 0 Å². The molecular formula is C22H37NO17. The van der Waals surface area contributed by atoms with Gasteiger partial charge in [0.1, 0.15) is 73.7 Å². The summed E-state index contributed by atoms with van der Waals surface area (Å²) in [6, 6.07) is -1.46. The van der Waals surface area contributed by atoms with Crippen molar-refractivity contribution in [2.24, 2.45) is 0 Å². The van der Waals surface area contributed by atoms with Crippen molar-refractivity contribution in [3.8, 4) is 0 Å². The molecule has 0 spiro atoms. The molecule has 18 nitrogen and oxygen atoms in total. The molecule has 0 aromatic heterocycles. The zero-order valence-electron chi connectivity index (χ0n) is 21.6. The van der Waals surface area contributed by atoms with Crippen LogP contribution < -0.4 is 5.32 Å². The maximum atomic E-state index is 11.9. The number of carbonyl (C=O) groups is 2. The van der Waals surface area contributed by atoms with Gasteiger partial charge in [-0.15, -0.1) is 0 Å². The summed E-state index contributed by atoms with van der Waals surface area (Å²) < 4.78 is 33.0. The quantitative estimate of drug-likeness (QED) is 0.114. The second kappa shape index (κ2) is 14.0. The van der Waals surface area contributed by atoms with Crippen molar-refractivity contribution in [2.45, 2.75) is 106 Å². The summed E-state index contributed by atoms with van der Waals surface area (Å²) in [7, 11) is 0. The average Bonchev–Trinajstić information content (AvgIpc) is 2.89. The number of amides is 1. The lowest BCUT2D eigenvalue weighted by Gasteiger charge is -2.49. The second-order valence-corrected chi connectivity index (χ2v) is 9.73. The number of carboxylic acid groups (broad SMARTS) is 1. The van der Waals surface area contributed by atoms with Crippen LogP contribution in [0.2, 0.25) is 0 Å². The van der Waals surface area contributed by atoms with Crippen molar-refractivity contribution >= 4 is 11.9 Å². The zero-order chi connectivity index (χ0) is 29.9. The molecule has 0 saturated carbocycles.